The first-order valence-corrected chi connectivity index (χ1v) is 10.4. The highest BCUT2D eigenvalue weighted by Crippen LogP contribution is 2.32. The van der Waals surface area contributed by atoms with Crippen LogP contribution in [0.2, 0.25) is 0 Å². The summed E-state index contributed by atoms with van der Waals surface area (Å²) in [5.41, 5.74) is 2.37. The van der Waals surface area contributed by atoms with Gasteiger partial charge in [-0.25, -0.2) is 9.37 Å². The molecule has 1 aliphatic rings. The van der Waals surface area contributed by atoms with E-state index in [-0.39, 0.29) is 18.3 Å². The van der Waals surface area contributed by atoms with Crippen molar-refractivity contribution in [3.05, 3.63) is 65.3 Å². The molecule has 3 aromatic rings. The minimum atomic E-state index is -0.291. The van der Waals surface area contributed by atoms with Crippen molar-refractivity contribution < 1.29 is 23.1 Å². The fourth-order valence-corrected chi connectivity index (χ4v) is 3.79. The van der Waals surface area contributed by atoms with Crippen molar-refractivity contribution in [2.75, 3.05) is 33.9 Å². The Kier molecular flexibility index (Phi) is 6.41. The molecule has 1 fully saturated rings. The van der Waals surface area contributed by atoms with Gasteiger partial charge in [0, 0.05) is 31.7 Å². The molecule has 2 aromatic carbocycles. The normalized spacial score (nSPS) is 14.6. The van der Waals surface area contributed by atoms with Gasteiger partial charge >= 0.3 is 0 Å². The van der Waals surface area contributed by atoms with E-state index < -0.39 is 0 Å². The molecule has 1 saturated heterocycles. The smallest absolute Gasteiger partial charge is 0.237 e. The summed E-state index contributed by atoms with van der Waals surface area (Å²) < 4.78 is 30.0. The van der Waals surface area contributed by atoms with Crippen molar-refractivity contribution in [3.63, 3.8) is 0 Å². The Balaban J connectivity index is 1.41. The second-order valence-electron chi connectivity index (χ2n) is 7.75. The van der Waals surface area contributed by atoms with Crippen LogP contribution in [-0.2, 0) is 17.9 Å². The molecule has 0 atom stereocenters. The average molecular weight is 439 g/mol. The molecule has 8 heteroatoms. The number of rotatable bonds is 7. The molecule has 0 saturated carbocycles. The molecule has 0 bridgehead atoms. The molecule has 1 aromatic heterocycles. The van der Waals surface area contributed by atoms with Crippen LogP contribution < -0.4 is 9.47 Å². The number of aromatic nitrogens is 1. The number of carbonyl (C=O) groups is 1. The van der Waals surface area contributed by atoms with Gasteiger partial charge in [-0.3, -0.25) is 9.69 Å². The van der Waals surface area contributed by atoms with Crippen LogP contribution in [0.5, 0.6) is 11.5 Å². The predicted octanol–water partition coefficient (Wildman–Crippen LogP) is 3.65. The summed E-state index contributed by atoms with van der Waals surface area (Å²) in [6.07, 6.45) is 0. The molecule has 4 rings (SSSR count). The molecule has 32 heavy (non-hydrogen) atoms. The van der Waals surface area contributed by atoms with Crippen LogP contribution in [0, 0.1) is 12.7 Å². The standard InChI is InChI=1S/C24H26FN3O4/c1-16-20(26-24(32-16)18-7-8-21(30-2)22(12-18)31-3)14-27-9-10-28(23(29)15-27)13-17-5-4-6-19(25)11-17/h4-8,11-12H,9-10,13-15H2,1-3H3. The van der Waals surface area contributed by atoms with E-state index in [1.54, 1.807) is 25.2 Å². The lowest BCUT2D eigenvalue weighted by Crippen LogP contribution is -2.49. The van der Waals surface area contributed by atoms with E-state index in [1.165, 1.54) is 12.1 Å². The van der Waals surface area contributed by atoms with E-state index in [0.29, 0.717) is 49.3 Å². The van der Waals surface area contributed by atoms with Crippen LogP contribution in [0.3, 0.4) is 0 Å². The SMILES string of the molecule is COc1ccc(-c2nc(CN3CCN(Cc4cccc(F)c4)C(=O)C3)c(C)o2)cc1OC. The molecule has 0 radical (unpaired) electrons. The van der Waals surface area contributed by atoms with Crippen LogP contribution in [0.25, 0.3) is 11.5 Å². The quantitative estimate of drug-likeness (QED) is 0.560. The van der Waals surface area contributed by atoms with Crippen molar-refractivity contribution >= 4 is 5.91 Å². The Morgan fingerprint density at radius 1 is 1.06 bits per heavy atom. The van der Waals surface area contributed by atoms with Gasteiger partial charge in [-0.15, -0.1) is 0 Å². The van der Waals surface area contributed by atoms with Gasteiger partial charge in [0.2, 0.25) is 11.8 Å². The number of hydrogen-bond donors (Lipinski definition) is 0. The second kappa shape index (κ2) is 9.40. The largest absolute Gasteiger partial charge is 0.493 e. The van der Waals surface area contributed by atoms with Gasteiger partial charge in [0.1, 0.15) is 11.6 Å². The highest BCUT2D eigenvalue weighted by Gasteiger charge is 2.25. The fourth-order valence-electron chi connectivity index (χ4n) is 3.79. The molecular formula is C24H26FN3O4. The zero-order valence-corrected chi connectivity index (χ0v) is 18.4. The Hall–Kier alpha value is -3.39. The lowest BCUT2D eigenvalue weighted by Gasteiger charge is -2.34. The zero-order chi connectivity index (χ0) is 22.7. The number of ether oxygens (including phenoxy) is 2. The van der Waals surface area contributed by atoms with E-state index >= 15 is 0 Å². The lowest BCUT2D eigenvalue weighted by atomic mass is 10.2. The zero-order valence-electron chi connectivity index (χ0n) is 18.4. The van der Waals surface area contributed by atoms with E-state index in [9.17, 15) is 9.18 Å². The van der Waals surface area contributed by atoms with Crippen molar-refractivity contribution in [2.24, 2.45) is 0 Å². The maximum Gasteiger partial charge on any atom is 0.237 e. The van der Waals surface area contributed by atoms with Gasteiger partial charge in [-0.1, -0.05) is 12.1 Å². The summed E-state index contributed by atoms with van der Waals surface area (Å²) in [7, 11) is 3.17. The molecule has 168 valence electrons. The van der Waals surface area contributed by atoms with Gasteiger partial charge in [0.25, 0.3) is 0 Å². The molecule has 0 unspecified atom stereocenters. The molecule has 0 N–H and O–H groups in total. The number of hydrogen-bond acceptors (Lipinski definition) is 6. The third-order valence-corrected chi connectivity index (χ3v) is 5.56. The summed E-state index contributed by atoms with van der Waals surface area (Å²) in [5.74, 6) is 2.16. The van der Waals surface area contributed by atoms with Crippen molar-refractivity contribution in [3.8, 4) is 23.0 Å². The Bertz CT molecular complexity index is 1110. The monoisotopic (exact) mass is 439 g/mol. The van der Waals surface area contributed by atoms with Crippen LogP contribution >= 0.6 is 0 Å². The van der Waals surface area contributed by atoms with Gasteiger partial charge in [0.15, 0.2) is 11.5 Å². The number of carbonyl (C=O) groups excluding carboxylic acids is 1. The summed E-state index contributed by atoms with van der Waals surface area (Å²) in [6, 6.07) is 11.9. The number of nitrogens with zero attached hydrogens (tertiary/aromatic N) is 3. The number of aryl methyl sites for hydroxylation is 1. The fraction of sp³-hybridized carbons (Fsp3) is 0.333. The predicted molar refractivity (Wildman–Crippen MR) is 117 cm³/mol. The first kappa shape index (κ1) is 21.8. The number of methoxy groups -OCH3 is 2. The maximum absolute atomic E-state index is 13.4. The van der Waals surface area contributed by atoms with Crippen LogP contribution in [-0.4, -0.2) is 54.5 Å². The maximum atomic E-state index is 13.4. The molecule has 2 heterocycles. The minimum absolute atomic E-state index is 0.0155. The Morgan fingerprint density at radius 2 is 1.88 bits per heavy atom. The van der Waals surface area contributed by atoms with Gasteiger partial charge < -0.3 is 18.8 Å². The molecule has 7 nitrogen and oxygen atoms in total. The Labute approximate surface area is 186 Å². The number of benzene rings is 2. The first-order valence-electron chi connectivity index (χ1n) is 10.4. The molecule has 0 aliphatic carbocycles. The number of oxazole rings is 1. The first-order chi connectivity index (χ1) is 15.5. The van der Waals surface area contributed by atoms with E-state index in [1.807, 2.05) is 36.1 Å². The minimum Gasteiger partial charge on any atom is -0.493 e. The van der Waals surface area contributed by atoms with Crippen molar-refractivity contribution in [1.82, 2.24) is 14.8 Å². The summed E-state index contributed by atoms with van der Waals surface area (Å²) in [4.78, 5) is 21.1. The van der Waals surface area contributed by atoms with E-state index in [2.05, 4.69) is 4.98 Å². The highest BCUT2D eigenvalue weighted by atomic mass is 19.1. The molecular weight excluding hydrogens is 413 g/mol. The van der Waals surface area contributed by atoms with E-state index in [4.69, 9.17) is 13.9 Å². The van der Waals surface area contributed by atoms with Gasteiger partial charge in [-0.2, -0.15) is 0 Å². The Morgan fingerprint density at radius 3 is 2.59 bits per heavy atom. The highest BCUT2D eigenvalue weighted by molar-refractivity contribution is 5.79. The summed E-state index contributed by atoms with van der Waals surface area (Å²) in [5, 5.41) is 0. The molecule has 0 spiro atoms. The average Bonchev–Trinajstić information content (AvgIpc) is 3.15. The van der Waals surface area contributed by atoms with Gasteiger partial charge in [-0.05, 0) is 42.8 Å². The number of halogens is 1. The van der Waals surface area contributed by atoms with Crippen LogP contribution in [0.15, 0.2) is 46.9 Å². The van der Waals surface area contributed by atoms with Crippen LogP contribution in [0.4, 0.5) is 4.39 Å². The number of amides is 1. The van der Waals surface area contributed by atoms with E-state index in [0.717, 1.165) is 16.8 Å². The third-order valence-electron chi connectivity index (χ3n) is 5.56. The summed E-state index contributed by atoms with van der Waals surface area (Å²) in [6.45, 7) is 4.37. The summed E-state index contributed by atoms with van der Waals surface area (Å²) >= 11 is 0. The lowest BCUT2D eigenvalue weighted by molar-refractivity contribution is -0.136. The van der Waals surface area contributed by atoms with Crippen LogP contribution in [0.1, 0.15) is 17.0 Å². The topological polar surface area (TPSA) is 68.0 Å². The third kappa shape index (κ3) is 4.75. The van der Waals surface area contributed by atoms with Crippen molar-refractivity contribution in [1.29, 1.82) is 0 Å². The molecule has 1 amide bonds. The van der Waals surface area contributed by atoms with Gasteiger partial charge in [0.05, 0.1) is 26.5 Å². The second-order valence-corrected chi connectivity index (χ2v) is 7.75. The number of piperazine rings is 1. The van der Waals surface area contributed by atoms with Crippen molar-refractivity contribution in [2.45, 2.75) is 20.0 Å². The molecule has 1 aliphatic heterocycles.